The Morgan fingerprint density at radius 1 is 0.836 bits per heavy atom. The minimum absolute atomic E-state index is 0.0105. The van der Waals surface area contributed by atoms with E-state index in [0.29, 0.717) is 81.5 Å². The molecule has 73 heavy (non-hydrogen) atoms. The molecule has 3 heterocycles. The molecule has 3 saturated carbocycles. The number of aliphatic hydroxyl groups excluding tert-OH is 1. The van der Waals surface area contributed by atoms with Crippen molar-refractivity contribution in [3.63, 3.8) is 0 Å². The monoisotopic (exact) mass is 1030 g/mol. The van der Waals surface area contributed by atoms with Gasteiger partial charge in [-0.2, -0.15) is 0 Å². The molecule has 2 amide bonds. The summed E-state index contributed by atoms with van der Waals surface area (Å²) in [7, 11) is 0. The summed E-state index contributed by atoms with van der Waals surface area (Å²) < 4.78 is 19.4. The van der Waals surface area contributed by atoms with Gasteiger partial charge in [0.25, 0.3) is 0 Å². The van der Waals surface area contributed by atoms with Crippen LogP contribution in [-0.4, -0.2) is 95.9 Å². The van der Waals surface area contributed by atoms with E-state index in [-0.39, 0.29) is 51.4 Å². The largest absolute Gasteiger partial charge is 0.504 e. The van der Waals surface area contributed by atoms with Crippen molar-refractivity contribution >= 4 is 46.2 Å². The van der Waals surface area contributed by atoms with Crippen molar-refractivity contribution in [3.05, 3.63) is 109 Å². The van der Waals surface area contributed by atoms with Gasteiger partial charge in [0.05, 0.1) is 38.6 Å². The average Bonchev–Trinajstić information content (AvgIpc) is 3.84. The minimum Gasteiger partial charge on any atom is -0.504 e. The first-order valence-electron chi connectivity index (χ1n) is 26.5. The number of allylic oxidation sites excluding steroid dienone is 7. The van der Waals surface area contributed by atoms with Crippen LogP contribution in [0.25, 0.3) is 5.00 Å². The second-order valence-electron chi connectivity index (χ2n) is 22.9. The molecule has 0 saturated heterocycles. The highest BCUT2D eigenvalue weighted by Gasteiger charge is 2.67. The number of ether oxygens (including phenoxy) is 3. The van der Waals surface area contributed by atoms with Crippen LogP contribution in [0.3, 0.4) is 0 Å². The zero-order chi connectivity index (χ0) is 52.1. The summed E-state index contributed by atoms with van der Waals surface area (Å²) in [6.07, 6.45) is 14.6. The lowest BCUT2D eigenvalue weighted by atomic mass is 9.34. The number of amides is 2. The lowest BCUT2D eigenvalue weighted by Crippen LogP contribution is -2.62. The predicted octanol–water partition coefficient (Wildman–Crippen LogP) is 10.9. The molecule has 1 aromatic carbocycles. The lowest BCUT2D eigenvalue weighted by molar-refractivity contribution is -0.169. The number of hydrogen-bond donors (Lipinski definition) is 3. The molecule has 0 bridgehead atoms. The first-order valence-corrected chi connectivity index (χ1v) is 27.7. The number of aromatic nitrogens is 3. The molecule has 0 spiro atoms. The van der Waals surface area contributed by atoms with Gasteiger partial charge in [-0.25, -0.2) is 0 Å². The van der Waals surface area contributed by atoms with Crippen LogP contribution in [0.5, 0.6) is 0 Å². The third-order valence-electron chi connectivity index (χ3n) is 18.4. The average molecular weight is 1040 g/mol. The number of carbonyl (C=O) groups excluding carboxylic acids is 3. The Labute approximate surface area is 440 Å². The molecule has 1 aliphatic heterocycles. The second-order valence-corrected chi connectivity index (χ2v) is 24.5. The van der Waals surface area contributed by atoms with Crippen molar-refractivity contribution in [2.75, 3.05) is 52.7 Å². The van der Waals surface area contributed by atoms with Gasteiger partial charge in [-0.3, -0.25) is 23.9 Å². The highest BCUT2D eigenvalue weighted by atomic mass is 35.5. The Hall–Kier alpha value is -4.73. The topological polar surface area (TPSA) is 166 Å². The summed E-state index contributed by atoms with van der Waals surface area (Å²) in [6.45, 7) is 23.8. The minimum atomic E-state index is -0.527. The van der Waals surface area contributed by atoms with Crippen LogP contribution < -0.4 is 10.6 Å². The maximum Gasteiger partial charge on any atom is 0.225 e. The summed E-state index contributed by atoms with van der Waals surface area (Å²) in [5, 5.41) is 27.4. The smallest absolute Gasteiger partial charge is 0.225 e. The molecule has 3 fully saturated rings. The summed E-state index contributed by atoms with van der Waals surface area (Å²) in [4.78, 5) is 46.7. The molecule has 392 valence electrons. The van der Waals surface area contributed by atoms with E-state index in [9.17, 15) is 19.5 Å². The van der Waals surface area contributed by atoms with Crippen LogP contribution in [-0.2, 0) is 28.6 Å². The maximum atomic E-state index is 14.0. The van der Waals surface area contributed by atoms with E-state index in [1.807, 2.05) is 42.7 Å². The molecule has 0 radical (unpaired) electrons. The number of ketones is 1. The molecule has 2 aromatic heterocycles. The number of carbonyl (C=O) groups is 3. The molecule has 13 nitrogen and oxygen atoms in total. The van der Waals surface area contributed by atoms with Gasteiger partial charge >= 0.3 is 0 Å². The van der Waals surface area contributed by atoms with Crippen molar-refractivity contribution in [1.29, 1.82) is 0 Å². The van der Waals surface area contributed by atoms with Crippen LogP contribution in [0.4, 0.5) is 0 Å². The number of aliphatic imine (C=N–C) groups is 1. The van der Waals surface area contributed by atoms with Crippen molar-refractivity contribution in [2.24, 2.45) is 38.0 Å². The first kappa shape index (κ1) is 53.1. The van der Waals surface area contributed by atoms with Gasteiger partial charge in [-0.05, 0) is 143 Å². The number of nitrogens with one attached hydrogen (secondary N) is 2. The highest BCUT2D eigenvalue weighted by Crippen LogP contribution is 2.75. The van der Waals surface area contributed by atoms with Crippen molar-refractivity contribution in [3.8, 4) is 5.00 Å². The molecule has 0 unspecified atom stereocenters. The number of hydrogen-bond acceptors (Lipinski definition) is 11. The van der Waals surface area contributed by atoms with Crippen molar-refractivity contribution in [2.45, 2.75) is 133 Å². The third-order valence-corrected chi connectivity index (χ3v) is 19.9. The van der Waals surface area contributed by atoms with E-state index in [4.69, 9.17) is 30.8 Å². The van der Waals surface area contributed by atoms with Gasteiger partial charge in [-0.15, -0.1) is 21.5 Å². The first-order chi connectivity index (χ1) is 34.7. The van der Waals surface area contributed by atoms with Gasteiger partial charge in [-0.1, -0.05) is 76.1 Å². The van der Waals surface area contributed by atoms with Crippen LogP contribution in [0.15, 0.2) is 75.5 Å². The number of aliphatic hydroxyl groups is 1. The molecule has 7 atom stereocenters. The van der Waals surface area contributed by atoms with E-state index >= 15 is 0 Å². The van der Waals surface area contributed by atoms with E-state index in [1.54, 1.807) is 17.4 Å². The predicted molar refractivity (Wildman–Crippen MR) is 287 cm³/mol. The highest BCUT2D eigenvalue weighted by molar-refractivity contribution is 7.15. The Morgan fingerprint density at radius 3 is 2.19 bits per heavy atom. The number of halogens is 1. The summed E-state index contributed by atoms with van der Waals surface area (Å²) in [6, 6.07) is 7.13. The Bertz CT molecular complexity index is 2820. The Morgan fingerprint density at radius 2 is 1.49 bits per heavy atom. The summed E-state index contributed by atoms with van der Waals surface area (Å²) >= 11 is 7.93. The molecule has 9 rings (SSSR count). The standard InChI is InChI=1S/C58H75ClN6O7S/c1-35-37(3)73-52-48(35)49(39-12-14-40(59)15-13-39)62-43(51-64-63-38(4)65(51)52)33-47(67)60-24-10-26-70-28-30-72-31-29-71-27-11-25-61-53(69)55(6)19-18-54(5)20-22-57(8)45-17-16-41-36(2)50(68)44(66)32-42(41)56(45,7)21-23-58(57,9)46(54)34-55/h12-17,32,43,46,68H,10-11,18-31,33-34H2,1-9H3,(H,60,67)(H,61,69)/t43-,46+,54+,55+,56-,57+,58-/m0/s1. The number of thiophene rings is 1. The fourth-order valence-corrected chi connectivity index (χ4v) is 14.9. The van der Waals surface area contributed by atoms with Gasteiger partial charge in [0, 0.05) is 63.7 Å². The molecule has 3 N–H and O–H groups in total. The molecule has 5 aliphatic carbocycles. The number of fused-ring (bicyclic) bond motifs is 10. The zero-order valence-corrected chi connectivity index (χ0v) is 46.0. The molecule has 15 heteroatoms. The van der Waals surface area contributed by atoms with Crippen LogP contribution >= 0.6 is 22.9 Å². The number of benzene rings is 1. The Balaban J connectivity index is 0.661. The van der Waals surface area contributed by atoms with E-state index in [2.05, 4.69) is 81.4 Å². The van der Waals surface area contributed by atoms with Crippen LogP contribution in [0, 0.1) is 53.8 Å². The lowest BCUT2D eigenvalue weighted by Gasteiger charge is -2.70. The number of aryl methyl sites for hydroxylation is 2. The molecular weight excluding hydrogens is 960 g/mol. The maximum absolute atomic E-state index is 14.0. The third kappa shape index (κ3) is 9.66. The quantitative estimate of drug-likeness (QED) is 0.105. The summed E-state index contributed by atoms with van der Waals surface area (Å²) in [5.41, 5.74) is 7.39. The normalized spacial score (nSPS) is 29.3. The van der Waals surface area contributed by atoms with Gasteiger partial charge in [0.1, 0.15) is 16.9 Å². The summed E-state index contributed by atoms with van der Waals surface area (Å²) in [5.74, 6) is 1.37. The Kier molecular flexibility index (Phi) is 15.1. The molecule has 6 aliphatic rings. The SMILES string of the molecule is CC1=C(O)C(=O)C=C2C1=CC=C1[C@@]2(C)CC[C@@]2(C)[C@@H]3C[C@](C)(C(=O)NCCCOCCOCCOCCCNC(=O)C[C@@H]4N=C(c5ccc(Cl)cc5)c5c(sc(C)c5C)-n5c(C)nnc54)CC[C@]3(C)CC[C@]12C. The fourth-order valence-electron chi connectivity index (χ4n) is 13.6. The van der Waals surface area contributed by atoms with Gasteiger partial charge in [0.15, 0.2) is 11.6 Å². The molecule has 3 aromatic rings. The second kappa shape index (κ2) is 20.8. The number of rotatable bonds is 18. The van der Waals surface area contributed by atoms with E-state index in [0.717, 1.165) is 95.7 Å². The zero-order valence-electron chi connectivity index (χ0n) is 44.4. The van der Waals surface area contributed by atoms with E-state index in [1.165, 1.54) is 10.5 Å². The number of nitrogens with zero attached hydrogens (tertiary/aromatic N) is 4. The van der Waals surface area contributed by atoms with E-state index < -0.39 is 11.5 Å². The van der Waals surface area contributed by atoms with Gasteiger partial charge < -0.3 is 30.0 Å². The fraction of sp³-hybridized carbons (Fsp3) is 0.586. The van der Waals surface area contributed by atoms with Crippen molar-refractivity contribution in [1.82, 2.24) is 25.4 Å². The van der Waals surface area contributed by atoms with Crippen LogP contribution in [0.2, 0.25) is 5.02 Å². The van der Waals surface area contributed by atoms with Crippen molar-refractivity contribution < 1.29 is 33.7 Å². The van der Waals surface area contributed by atoms with Gasteiger partial charge in [0.2, 0.25) is 17.6 Å². The molecular formula is C58H75ClN6O7S. The van der Waals surface area contributed by atoms with Crippen LogP contribution in [0.1, 0.15) is 145 Å².